The number of hydrogen-bond acceptors (Lipinski definition) is 6. The van der Waals surface area contributed by atoms with Gasteiger partial charge < -0.3 is 9.84 Å². The number of carbonyl (C=O) groups is 1. The van der Waals surface area contributed by atoms with Crippen LogP contribution >= 0.6 is 0 Å². The van der Waals surface area contributed by atoms with Crippen LogP contribution in [-0.2, 0) is 13.0 Å². The quantitative estimate of drug-likeness (QED) is 0.608. The van der Waals surface area contributed by atoms with E-state index in [0.717, 1.165) is 16.6 Å². The number of aromatic hydroxyl groups is 1. The second-order valence-corrected chi connectivity index (χ2v) is 6.77. The molecule has 0 aliphatic carbocycles. The van der Waals surface area contributed by atoms with Gasteiger partial charge in [-0.25, -0.2) is 0 Å². The van der Waals surface area contributed by atoms with Crippen molar-refractivity contribution in [3.63, 3.8) is 0 Å². The van der Waals surface area contributed by atoms with Gasteiger partial charge in [-0.1, -0.05) is 25.1 Å². The molecule has 3 rings (SSSR count). The summed E-state index contributed by atoms with van der Waals surface area (Å²) in [5.41, 5.74) is 0.977. The third kappa shape index (κ3) is 4.23. The number of rotatable bonds is 7. The Bertz CT molecular complexity index is 1160. The smallest absolute Gasteiger partial charge is 0.271 e. The maximum Gasteiger partial charge on any atom is 0.271 e. The molecule has 0 saturated carbocycles. The molecule has 0 unspecified atom stereocenters. The van der Waals surface area contributed by atoms with E-state index >= 15 is 0 Å². The molecule has 2 heterocycles. The number of aromatic nitrogens is 2. The molecule has 0 radical (unpaired) electrons. The molecule has 0 aliphatic heterocycles. The molecule has 2 aromatic heterocycles. The van der Waals surface area contributed by atoms with Gasteiger partial charge in [-0.05, 0) is 48.2 Å². The van der Waals surface area contributed by atoms with Gasteiger partial charge in [0.1, 0.15) is 17.4 Å². The highest BCUT2D eigenvalue weighted by Gasteiger charge is 2.24. The first-order valence-corrected chi connectivity index (χ1v) is 9.46. The number of ether oxygens (including phenoxy) is 1. The van der Waals surface area contributed by atoms with Crippen molar-refractivity contribution >= 4 is 5.78 Å². The van der Waals surface area contributed by atoms with Gasteiger partial charge in [0, 0.05) is 12.4 Å². The summed E-state index contributed by atoms with van der Waals surface area (Å²) in [5.74, 6) is -0.502. The van der Waals surface area contributed by atoms with Crippen molar-refractivity contribution in [2.45, 2.75) is 26.8 Å². The number of Topliss-reactive ketones (excluding diaryl/α,β-unsaturated/α-hetero) is 1. The van der Waals surface area contributed by atoms with Gasteiger partial charge in [0.2, 0.25) is 11.7 Å². The van der Waals surface area contributed by atoms with Gasteiger partial charge in [-0.3, -0.25) is 19.1 Å². The van der Waals surface area contributed by atoms with E-state index in [1.54, 1.807) is 36.7 Å². The zero-order valence-corrected chi connectivity index (χ0v) is 16.8. The van der Waals surface area contributed by atoms with Crippen LogP contribution in [0.2, 0.25) is 0 Å². The van der Waals surface area contributed by atoms with Crippen molar-refractivity contribution in [2.75, 3.05) is 6.61 Å². The van der Waals surface area contributed by atoms with Crippen LogP contribution in [0.5, 0.6) is 11.6 Å². The average Bonchev–Trinajstić information content (AvgIpc) is 2.76. The number of benzene rings is 1. The fourth-order valence-electron chi connectivity index (χ4n) is 3.15. The minimum absolute atomic E-state index is 0.0208. The van der Waals surface area contributed by atoms with E-state index in [4.69, 9.17) is 4.74 Å². The summed E-state index contributed by atoms with van der Waals surface area (Å²) < 4.78 is 6.56. The molecule has 0 saturated heterocycles. The summed E-state index contributed by atoms with van der Waals surface area (Å²) >= 11 is 0. The number of nitrogens with zero attached hydrogens (tertiary/aromatic N) is 3. The van der Waals surface area contributed by atoms with E-state index in [1.807, 2.05) is 25.1 Å². The van der Waals surface area contributed by atoms with Crippen LogP contribution < -0.4 is 10.3 Å². The fourth-order valence-corrected chi connectivity index (χ4v) is 3.15. The Hall–Kier alpha value is -3.92. The summed E-state index contributed by atoms with van der Waals surface area (Å²) in [6.45, 7) is 3.15. The summed E-state index contributed by atoms with van der Waals surface area (Å²) in [6, 6.07) is 12.6. The first kappa shape index (κ1) is 20.8. The number of carbonyl (C=O) groups excluding carboxylic acids is 1. The maximum absolute atomic E-state index is 12.8. The normalized spacial score (nSPS) is 10.4. The van der Waals surface area contributed by atoms with Gasteiger partial charge in [-0.15, -0.1) is 0 Å². The molecule has 1 aromatic carbocycles. The first-order chi connectivity index (χ1) is 14.5. The molecule has 30 heavy (non-hydrogen) atoms. The van der Waals surface area contributed by atoms with Gasteiger partial charge in [-0.2, -0.15) is 5.26 Å². The highest BCUT2D eigenvalue weighted by molar-refractivity contribution is 6.01. The monoisotopic (exact) mass is 403 g/mol. The van der Waals surface area contributed by atoms with Crippen molar-refractivity contribution in [1.29, 1.82) is 5.26 Å². The molecular weight excluding hydrogens is 382 g/mol. The molecular formula is C23H21N3O4. The number of nitriles is 1. The van der Waals surface area contributed by atoms with Crippen molar-refractivity contribution in [1.82, 2.24) is 9.55 Å². The third-order valence-electron chi connectivity index (χ3n) is 4.84. The molecule has 0 spiro atoms. The second-order valence-electron chi connectivity index (χ2n) is 6.77. The molecule has 7 heteroatoms. The number of pyridine rings is 2. The zero-order valence-electron chi connectivity index (χ0n) is 16.8. The highest BCUT2D eigenvalue weighted by Crippen LogP contribution is 2.24. The molecule has 0 atom stereocenters. The molecule has 7 nitrogen and oxygen atoms in total. The lowest BCUT2D eigenvalue weighted by molar-refractivity contribution is 0.0916. The zero-order chi connectivity index (χ0) is 21.7. The topological polar surface area (TPSA) is 105 Å². The standard InChI is InChI=1S/C23H21N3O4/c1-3-16-6-8-18(9-7-16)30-14-20(27)21-15(2)19(11-24)22(28)26(23(21)29)13-17-5-4-10-25-12-17/h4-10,12,29H,3,13-14H2,1-2H3. The maximum atomic E-state index is 12.8. The molecule has 152 valence electrons. The first-order valence-electron chi connectivity index (χ1n) is 9.46. The Kier molecular flexibility index (Phi) is 6.28. The Labute approximate surface area is 173 Å². The summed E-state index contributed by atoms with van der Waals surface area (Å²) in [5, 5.41) is 20.2. The predicted molar refractivity (Wildman–Crippen MR) is 111 cm³/mol. The highest BCUT2D eigenvalue weighted by atomic mass is 16.5. The summed E-state index contributed by atoms with van der Waals surface area (Å²) in [7, 11) is 0. The van der Waals surface area contributed by atoms with Crippen LogP contribution in [0.1, 0.15) is 39.5 Å². The van der Waals surface area contributed by atoms with Crippen LogP contribution in [-0.4, -0.2) is 27.0 Å². The van der Waals surface area contributed by atoms with Crippen molar-refractivity contribution in [2.24, 2.45) is 0 Å². The lowest BCUT2D eigenvalue weighted by Crippen LogP contribution is -2.28. The average molecular weight is 403 g/mol. The molecule has 0 amide bonds. The fraction of sp³-hybridized carbons (Fsp3) is 0.217. The molecule has 0 aliphatic rings. The summed E-state index contributed by atoms with van der Waals surface area (Å²) in [6.07, 6.45) is 4.02. The van der Waals surface area contributed by atoms with E-state index in [9.17, 15) is 20.0 Å². The van der Waals surface area contributed by atoms with Crippen molar-refractivity contribution in [3.05, 3.63) is 87.0 Å². The van der Waals surface area contributed by atoms with Crippen LogP contribution in [0.15, 0.2) is 53.6 Å². The van der Waals surface area contributed by atoms with E-state index in [1.165, 1.54) is 6.92 Å². The van der Waals surface area contributed by atoms with Gasteiger partial charge in [0.15, 0.2) is 6.61 Å². The minimum atomic E-state index is -0.663. The Morgan fingerprint density at radius 1 is 1.23 bits per heavy atom. The predicted octanol–water partition coefficient (Wildman–Crippen LogP) is 3.00. The number of ketones is 1. The van der Waals surface area contributed by atoms with E-state index in [-0.39, 0.29) is 29.8 Å². The van der Waals surface area contributed by atoms with E-state index in [2.05, 4.69) is 4.98 Å². The lowest BCUT2D eigenvalue weighted by Gasteiger charge is -2.16. The third-order valence-corrected chi connectivity index (χ3v) is 4.84. The van der Waals surface area contributed by atoms with Gasteiger partial charge >= 0.3 is 0 Å². The SMILES string of the molecule is CCc1ccc(OCC(=O)c2c(C)c(C#N)c(=O)n(Cc3cccnc3)c2O)cc1. The molecule has 3 aromatic rings. The van der Waals surface area contributed by atoms with Crippen LogP contribution in [0, 0.1) is 18.3 Å². The molecule has 0 bridgehead atoms. The van der Waals surface area contributed by atoms with E-state index in [0.29, 0.717) is 11.3 Å². The Balaban J connectivity index is 1.94. The van der Waals surface area contributed by atoms with E-state index < -0.39 is 17.2 Å². The van der Waals surface area contributed by atoms with Gasteiger partial charge in [0.25, 0.3) is 5.56 Å². The Morgan fingerprint density at radius 2 is 1.97 bits per heavy atom. The van der Waals surface area contributed by atoms with Crippen molar-refractivity contribution in [3.8, 4) is 17.7 Å². The largest absolute Gasteiger partial charge is 0.494 e. The Morgan fingerprint density at radius 3 is 2.57 bits per heavy atom. The minimum Gasteiger partial charge on any atom is -0.494 e. The van der Waals surface area contributed by atoms with Crippen LogP contribution in [0.4, 0.5) is 0 Å². The summed E-state index contributed by atoms with van der Waals surface area (Å²) in [4.78, 5) is 29.5. The van der Waals surface area contributed by atoms with Crippen LogP contribution in [0.3, 0.4) is 0 Å². The molecule has 0 fully saturated rings. The van der Waals surface area contributed by atoms with Crippen molar-refractivity contribution < 1.29 is 14.6 Å². The number of aryl methyl sites for hydroxylation is 1. The second kappa shape index (κ2) is 9.05. The van der Waals surface area contributed by atoms with Gasteiger partial charge in [0.05, 0.1) is 12.1 Å². The number of hydrogen-bond donors (Lipinski definition) is 1. The lowest BCUT2D eigenvalue weighted by atomic mass is 10.0. The molecule has 1 N–H and O–H groups in total. The van der Waals surface area contributed by atoms with Crippen LogP contribution in [0.25, 0.3) is 0 Å².